The van der Waals surface area contributed by atoms with Crippen molar-refractivity contribution in [2.75, 3.05) is 7.05 Å². The molecule has 0 amide bonds. The van der Waals surface area contributed by atoms with Crippen LogP contribution in [-0.4, -0.2) is 17.7 Å². The Hall–Kier alpha value is -2.85. The highest BCUT2D eigenvalue weighted by Crippen LogP contribution is 2.28. The van der Waals surface area contributed by atoms with Crippen molar-refractivity contribution in [3.63, 3.8) is 0 Å². The third kappa shape index (κ3) is 8.49. The molecule has 186 valence electrons. The van der Waals surface area contributed by atoms with Crippen LogP contribution in [0.25, 0.3) is 11.1 Å². The number of hydrogen-bond acceptors (Lipinski definition) is 4. The molecule has 2 aromatic carbocycles. The summed E-state index contributed by atoms with van der Waals surface area (Å²) in [5.74, 6) is 0. The van der Waals surface area contributed by atoms with Gasteiger partial charge in [0.1, 0.15) is 0 Å². The van der Waals surface area contributed by atoms with Crippen molar-refractivity contribution >= 4 is 5.71 Å². The van der Waals surface area contributed by atoms with Crippen molar-refractivity contribution in [2.45, 2.75) is 80.7 Å². The average molecular weight is 463 g/mol. The number of hydrazone groups is 1. The van der Waals surface area contributed by atoms with Crippen LogP contribution < -0.4 is 11.0 Å². The Labute approximate surface area is 208 Å². The first-order valence-electron chi connectivity index (χ1n) is 12.7. The smallest absolute Gasteiger partial charge is 0.0666 e. The number of hydrogen-bond donors (Lipinski definition) is 2. The molecule has 0 saturated carbocycles. The molecular formula is C30H46N4. The van der Waals surface area contributed by atoms with Crippen molar-refractivity contribution in [3.8, 4) is 11.1 Å². The Bertz CT molecular complexity index is 935. The second kappa shape index (κ2) is 15.9. The van der Waals surface area contributed by atoms with Crippen molar-refractivity contribution in [1.29, 1.82) is 0 Å². The van der Waals surface area contributed by atoms with Gasteiger partial charge in [0.2, 0.25) is 0 Å². The van der Waals surface area contributed by atoms with Gasteiger partial charge in [0.25, 0.3) is 0 Å². The van der Waals surface area contributed by atoms with E-state index < -0.39 is 0 Å². The molecule has 0 aromatic heterocycles. The van der Waals surface area contributed by atoms with Crippen LogP contribution in [0.2, 0.25) is 0 Å². The van der Waals surface area contributed by atoms with E-state index in [1.165, 1.54) is 46.5 Å². The van der Waals surface area contributed by atoms with E-state index in [1.54, 1.807) is 7.05 Å². The summed E-state index contributed by atoms with van der Waals surface area (Å²) in [5, 5.41) is 4.38. The molecule has 2 aromatic rings. The average Bonchev–Trinajstić information content (AvgIpc) is 2.87. The van der Waals surface area contributed by atoms with Crippen LogP contribution in [0, 0.1) is 0 Å². The molecule has 0 radical (unpaired) electrons. The Kier molecular flexibility index (Phi) is 13.6. The van der Waals surface area contributed by atoms with Crippen LogP contribution in [0.15, 0.2) is 77.2 Å². The molecule has 2 N–H and O–H groups in total. The summed E-state index contributed by atoms with van der Waals surface area (Å²) in [6.07, 6.45) is 4.41. The van der Waals surface area contributed by atoms with E-state index in [4.69, 9.17) is 0 Å². The summed E-state index contributed by atoms with van der Waals surface area (Å²) in [6.45, 7) is 20.2. The molecule has 0 saturated heterocycles. The van der Waals surface area contributed by atoms with Crippen LogP contribution >= 0.6 is 0 Å². The van der Waals surface area contributed by atoms with Gasteiger partial charge < -0.3 is 4.90 Å². The SMILES string of the molecule is C=C(CCCC)N(Cc1ccc(-c2ccccc2/C(C)=N/NNC)cc1)C(CC)=C(C)C.CC. The Morgan fingerprint density at radius 2 is 1.62 bits per heavy atom. The first-order chi connectivity index (χ1) is 16.4. The molecule has 0 spiro atoms. The lowest BCUT2D eigenvalue weighted by molar-refractivity contribution is 0.385. The standard InChI is InChI=1S/C28H40N4.C2H6/c1-8-10-13-22(5)32(28(9-2)21(3)4)20-24-16-18-25(19-17-24)27-15-12-11-14-26(27)23(6)30-31-29-7;1-2/h11-12,14-19,29,31H,5,8-10,13,20H2,1-4,6-7H3;1-2H3/b30-23+;. The molecule has 0 heterocycles. The van der Waals surface area contributed by atoms with E-state index in [2.05, 4.69) is 104 Å². The van der Waals surface area contributed by atoms with E-state index in [0.717, 1.165) is 30.7 Å². The van der Waals surface area contributed by atoms with Crippen molar-refractivity contribution in [3.05, 3.63) is 83.2 Å². The number of benzene rings is 2. The maximum absolute atomic E-state index is 4.43. The van der Waals surface area contributed by atoms with Crippen LogP contribution in [0.5, 0.6) is 0 Å². The third-order valence-electron chi connectivity index (χ3n) is 5.70. The molecule has 34 heavy (non-hydrogen) atoms. The molecule has 0 atom stereocenters. The Morgan fingerprint density at radius 1 is 0.971 bits per heavy atom. The summed E-state index contributed by atoms with van der Waals surface area (Å²) < 4.78 is 0. The summed E-state index contributed by atoms with van der Waals surface area (Å²) in [5.41, 5.74) is 15.3. The van der Waals surface area contributed by atoms with Gasteiger partial charge in [-0.2, -0.15) is 5.10 Å². The van der Waals surface area contributed by atoms with E-state index in [1.807, 2.05) is 20.8 Å². The fourth-order valence-electron chi connectivity index (χ4n) is 3.95. The van der Waals surface area contributed by atoms with Gasteiger partial charge in [-0.3, -0.25) is 0 Å². The van der Waals surface area contributed by atoms with E-state index in [-0.39, 0.29) is 0 Å². The first kappa shape index (κ1) is 29.2. The number of hydrazine groups is 1. The van der Waals surface area contributed by atoms with Crippen LogP contribution in [0.3, 0.4) is 0 Å². The largest absolute Gasteiger partial charge is 0.345 e. The monoisotopic (exact) mass is 462 g/mol. The minimum Gasteiger partial charge on any atom is -0.345 e. The number of nitrogens with one attached hydrogen (secondary N) is 2. The van der Waals surface area contributed by atoms with Gasteiger partial charge in [0.15, 0.2) is 0 Å². The van der Waals surface area contributed by atoms with Crippen molar-refractivity contribution in [1.82, 2.24) is 15.9 Å². The normalized spacial score (nSPS) is 10.8. The fraction of sp³-hybridized carbons (Fsp3) is 0.433. The fourth-order valence-corrected chi connectivity index (χ4v) is 3.95. The van der Waals surface area contributed by atoms with Crippen molar-refractivity contribution in [2.24, 2.45) is 5.10 Å². The highest BCUT2D eigenvalue weighted by Gasteiger charge is 2.14. The van der Waals surface area contributed by atoms with Gasteiger partial charge >= 0.3 is 0 Å². The maximum atomic E-state index is 4.43. The minimum absolute atomic E-state index is 0.853. The second-order valence-corrected chi connectivity index (χ2v) is 8.36. The molecule has 0 unspecified atom stereocenters. The zero-order valence-electron chi connectivity index (χ0n) is 22.8. The highest BCUT2D eigenvalue weighted by atomic mass is 15.5. The van der Waals surface area contributed by atoms with Crippen LogP contribution in [0.1, 0.15) is 85.3 Å². The molecule has 0 fully saturated rings. The van der Waals surface area contributed by atoms with E-state index in [0.29, 0.717) is 0 Å². The summed E-state index contributed by atoms with van der Waals surface area (Å²) in [6, 6.07) is 17.3. The summed E-state index contributed by atoms with van der Waals surface area (Å²) in [7, 11) is 1.81. The predicted octanol–water partition coefficient (Wildman–Crippen LogP) is 8.04. The van der Waals surface area contributed by atoms with E-state index in [9.17, 15) is 0 Å². The lowest BCUT2D eigenvalue weighted by atomic mass is 9.96. The van der Waals surface area contributed by atoms with Crippen LogP contribution in [0.4, 0.5) is 0 Å². The van der Waals surface area contributed by atoms with Gasteiger partial charge in [-0.25, -0.2) is 11.0 Å². The molecule has 0 aliphatic heterocycles. The number of unbranched alkanes of at least 4 members (excludes halogenated alkanes) is 1. The van der Waals surface area contributed by atoms with Gasteiger partial charge in [0.05, 0.1) is 5.71 Å². The molecular weight excluding hydrogens is 416 g/mol. The van der Waals surface area contributed by atoms with Gasteiger partial charge in [-0.1, -0.05) is 94.8 Å². The molecule has 4 heteroatoms. The van der Waals surface area contributed by atoms with Gasteiger partial charge in [0, 0.05) is 30.5 Å². The second-order valence-electron chi connectivity index (χ2n) is 8.36. The highest BCUT2D eigenvalue weighted by molar-refractivity contribution is 6.04. The van der Waals surface area contributed by atoms with Crippen LogP contribution in [-0.2, 0) is 6.54 Å². The zero-order valence-corrected chi connectivity index (χ0v) is 22.8. The number of allylic oxidation sites excluding steroid dienone is 3. The summed E-state index contributed by atoms with van der Waals surface area (Å²) in [4.78, 5) is 2.42. The topological polar surface area (TPSA) is 39.7 Å². The lowest BCUT2D eigenvalue weighted by Gasteiger charge is -2.30. The third-order valence-corrected chi connectivity index (χ3v) is 5.70. The Balaban J connectivity index is 0.00000281. The molecule has 4 nitrogen and oxygen atoms in total. The van der Waals surface area contributed by atoms with E-state index >= 15 is 0 Å². The molecule has 0 aliphatic carbocycles. The molecule has 2 rings (SSSR count). The minimum atomic E-state index is 0.853. The number of rotatable bonds is 12. The van der Waals surface area contributed by atoms with Gasteiger partial charge in [-0.15, -0.1) is 0 Å². The zero-order chi connectivity index (χ0) is 25.5. The number of nitrogens with zero attached hydrogens (tertiary/aromatic N) is 2. The lowest BCUT2D eigenvalue weighted by Crippen LogP contribution is -2.23. The van der Waals surface area contributed by atoms with Gasteiger partial charge in [-0.05, 0) is 56.7 Å². The molecule has 0 bridgehead atoms. The Morgan fingerprint density at radius 3 is 2.18 bits per heavy atom. The first-order valence-corrected chi connectivity index (χ1v) is 12.7. The van der Waals surface area contributed by atoms with Crippen molar-refractivity contribution < 1.29 is 0 Å². The summed E-state index contributed by atoms with van der Waals surface area (Å²) >= 11 is 0. The predicted molar refractivity (Wildman–Crippen MR) is 151 cm³/mol. The maximum Gasteiger partial charge on any atom is 0.0666 e. The quantitative estimate of drug-likeness (QED) is 0.248. The molecule has 0 aliphatic rings.